The number of amides is 2. The summed E-state index contributed by atoms with van der Waals surface area (Å²) in [6, 6.07) is 8.25. The van der Waals surface area contributed by atoms with Gasteiger partial charge in [-0.1, -0.05) is 5.16 Å². The van der Waals surface area contributed by atoms with Crippen LogP contribution in [-0.2, 0) is 0 Å². The molecule has 0 radical (unpaired) electrons. The molecule has 0 fully saturated rings. The lowest BCUT2D eigenvalue weighted by Crippen LogP contribution is -2.34. The first-order chi connectivity index (χ1) is 13.6. The lowest BCUT2D eigenvalue weighted by Gasteiger charge is -2.07. The maximum Gasteiger partial charge on any atom is 0.316 e. The summed E-state index contributed by atoms with van der Waals surface area (Å²) in [5.74, 6) is 0.383. The van der Waals surface area contributed by atoms with Crippen LogP contribution in [0.15, 0.2) is 45.5 Å². The molecule has 0 atom stereocenters. The van der Waals surface area contributed by atoms with Crippen LogP contribution in [0.3, 0.4) is 0 Å². The summed E-state index contributed by atoms with van der Waals surface area (Å²) < 4.78 is 20.4. The zero-order valence-electron chi connectivity index (χ0n) is 15.2. The molecule has 2 aromatic heterocycles. The van der Waals surface area contributed by atoms with Crippen molar-refractivity contribution >= 4 is 11.8 Å². The van der Waals surface area contributed by atoms with Gasteiger partial charge in [0.05, 0.1) is 20.5 Å². The predicted octanol–water partition coefficient (Wildman–Crippen LogP) is 1.51. The number of carbonyl (C=O) groups excluding carboxylic acids is 2. The van der Waals surface area contributed by atoms with Gasteiger partial charge >= 0.3 is 11.8 Å². The maximum atomic E-state index is 12.1. The fourth-order valence-corrected chi connectivity index (χ4v) is 2.33. The van der Waals surface area contributed by atoms with Crippen molar-refractivity contribution in [2.75, 3.05) is 27.3 Å². The van der Waals surface area contributed by atoms with E-state index in [1.165, 1.54) is 20.5 Å². The standard InChI is InChI=1S/C18H18N4O6/c1-25-12-6-5-11(10-14(12)26-2)15-21-18(28-22-15)17(24)20-8-7-19-16(23)13-4-3-9-27-13/h3-6,9-10H,7-8H2,1-2H3,(H,19,23)(H,20,24). The third-order valence-corrected chi connectivity index (χ3v) is 3.70. The van der Waals surface area contributed by atoms with Crippen LogP contribution in [-0.4, -0.2) is 49.3 Å². The highest BCUT2D eigenvalue weighted by Gasteiger charge is 2.17. The Kier molecular flexibility index (Phi) is 5.90. The summed E-state index contributed by atoms with van der Waals surface area (Å²) in [7, 11) is 3.05. The zero-order valence-corrected chi connectivity index (χ0v) is 15.2. The largest absolute Gasteiger partial charge is 0.493 e. The normalized spacial score (nSPS) is 10.4. The van der Waals surface area contributed by atoms with Crippen molar-refractivity contribution in [1.29, 1.82) is 0 Å². The minimum Gasteiger partial charge on any atom is -0.493 e. The van der Waals surface area contributed by atoms with Crippen molar-refractivity contribution in [3.63, 3.8) is 0 Å². The summed E-state index contributed by atoms with van der Waals surface area (Å²) >= 11 is 0. The van der Waals surface area contributed by atoms with Gasteiger partial charge in [-0.15, -0.1) is 0 Å². The number of nitrogens with one attached hydrogen (secondary N) is 2. The molecular weight excluding hydrogens is 368 g/mol. The lowest BCUT2D eigenvalue weighted by molar-refractivity contribution is 0.0891. The fraction of sp³-hybridized carbons (Fsp3) is 0.222. The van der Waals surface area contributed by atoms with Crippen molar-refractivity contribution in [2.45, 2.75) is 0 Å². The number of methoxy groups -OCH3 is 2. The van der Waals surface area contributed by atoms with Crippen LogP contribution in [0.1, 0.15) is 21.2 Å². The molecule has 0 saturated heterocycles. The number of benzene rings is 1. The monoisotopic (exact) mass is 386 g/mol. The van der Waals surface area contributed by atoms with Gasteiger partial charge in [-0.2, -0.15) is 4.98 Å². The van der Waals surface area contributed by atoms with E-state index in [0.29, 0.717) is 17.1 Å². The molecule has 10 heteroatoms. The van der Waals surface area contributed by atoms with Gasteiger partial charge in [0.15, 0.2) is 17.3 Å². The molecule has 2 amide bonds. The number of aromatic nitrogens is 2. The van der Waals surface area contributed by atoms with Gasteiger partial charge in [-0.3, -0.25) is 9.59 Å². The molecule has 0 saturated carbocycles. The molecule has 28 heavy (non-hydrogen) atoms. The van der Waals surface area contributed by atoms with Crippen LogP contribution in [0, 0.1) is 0 Å². The quantitative estimate of drug-likeness (QED) is 0.558. The number of nitrogens with zero attached hydrogens (tertiary/aromatic N) is 2. The van der Waals surface area contributed by atoms with E-state index in [2.05, 4.69) is 20.8 Å². The van der Waals surface area contributed by atoms with E-state index in [0.717, 1.165) is 0 Å². The predicted molar refractivity (Wildman–Crippen MR) is 96.2 cm³/mol. The first-order valence-corrected chi connectivity index (χ1v) is 8.28. The molecule has 3 rings (SSSR count). The van der Waals surface area contributed by atoms with Crippen LogP contribution in [0.2, 0.25) is 0 Å². The molecule has 2 heterocycles. The highest BCUT2D eigenvalue weighted by Crippen LogP contribution is 2.31. The Hall–Kier alpha value is -3.82. The molecule has 0 aliphatic heterocycles. The lowest BCUT2D eigenvalue weighted by atomic mass is 10.2. The summed E-state index contributed by atoms with van der Waals surface area (Å²) in [6.07, 6.45) is 1.41. The number of hydrogen-bond acceptors (Lipinski definition) is 8. The number of rotatable bonds is 8. The number of hydrogen-bond donors (Lipinski definition) is 2. The second-order valence-electron chi connectivity index (χ2n) is 5.48. The van der Waals surface area contributed by atoms with E-state index < -0.39 is 5.91 Å². The number of furan rings is 1. The topological polar surface area (TPSA) is 129 Å². The Morgan fingerprint density at radius 3 is 2.46 bits per heavy atom. The minimum absolute atomic E-state index is 0.180. The SMILES string of the molecule is COc1ccc(-c2noc(C(=O)NCCNC(=O)c3ccco3)n2)cc1OC. The second kappa shape index (κ2) is 8.71. The molecule has 2 N–H and O–H groups in total. The molecule has 146 valence electrons. The first-order valence-electron chi connectivity index (χ1n) is 8.28. The van der Waals surface area contributed by atoms with Crippen LogP contribution >= 0.6 is 0 Å². The summed E-state index contributed by atoms with van der Waals surface area (Å²) in [5.41, 5.74) is 0.603. The number of ether oxygens (including phenoxy) is 2. The Bertz CT molecular complexity index is 951. The van der Waals surface area contributed by atoms with E-state index in [4.69, 9.17) is 18.4 Å². The Balaban J connectivity index is 1.54. The van der Waals surface area contributed by atoms with Gasteiger partial charge < -0.3 is 29.0 Å². The fourth-order valence-electron chi connectivity index (χ4n) is 2.33. The molecule has 0 aliphatic carbocycles. The van der Waals surface area contributed by atoms with E-state index in [1.807, 2.05) is 0 Å². The van der Waals surface area contributed by atoms with Crippen molar-refractivity contribution in [2.24, 2.45) is 0 Å². The molecule has 10 nitrogen and oxygen atoms in total. The van der Waals surface area contributed by atoms with Gasteiger partial charge in [0.2, 0.25) is 5.82 Å². The van der Waals surface area contributed by atoms with Crippen molar-refractivity contribution in [3.05, 3.63) is 48.2 Å². The van der Waals surface area contributed by atoms with E-state index in [1.54, 1.807) is 30.3 Å². The van der Waals surface area contributed by atoms with Crippen molar-refractivity contribution in [3.8, 4) is 22.9 Å². The Morgan fingerprint density at radius 2 is 1.79 bits per heavy atom. The molecular formula is C18H18N4O6. The van der Waals surface area contributed by atoms with Crippen LogP contribution in [0.25, 0.3) is 11.4 Å². The van der Waals surface area contributed by atoms with E-state index in [-0.39, 0.29) is 36.5 Å². The van der Waals surface area contributed by atoms with Crippen LogP contribution in [0.4, 0.5) is 0 Å². The second-order valence-corrected chi connectivity index (χ2v) is 5.48. The molecule has 0 spiro atoms. The zero-order chi connectivity index (χ0) is 19.9. The summed E-state index contributed by atoms with van der Waals surface area (Å²) in [6.45, 7) is 0.390. The van der Waals surface area contributed by atoms with E-state index in [9.17, 15) is 9.59 Å². The molecule has 0 aliphatic rings. The highest BCUT2D eigenvalue weighted by molar-refractivity contribution is 5.91. The Labute approximate surface area is 159 Å². The molecule has 3 aromatic rings. The van der Waals surface area contributed by atoms with Gasteiger partial charge in [-0.05, 0) is 30.3 Å². The van der Waals surface area contributed by atoms with Crippen LogP contribution < -0.4 is 20.1 Å². The molecule has 0 bridgehead atoms. The minimum atomic E-state index is -0.550. The summed E-state index contributed by atoms with van der Waals surface area (Å²) in [5, 5.41) is 8.99. The highest BCUT2D eigenvalue weighted by atomic mass is 16.5. The van der Waals surface area contributed by atoms with E-state index >= 15 is 0 Å². The van der Waals surface area contributed by atoms with Gasteiger partial charge in [0.25, 0.3) is 5.91 Å². The average Bonchev–Trinajstić information content (AvgIpc) is 3.42. The summed E-state index contributed by atoms with van der Waals surface area (Å²) in [4.78, 5) is 27.9. The molecule has 0 unspecified atom stereocenters. The maximum absolute atomic E-state index is 12.1. The number of carbonyl (C=O) groups is 2. The van der Waals surface area contributed by atoms with Crippen LogP contribution in [0.5, 0.6) is 11.5 Å². The smallest absolute Gasteiger partial charge is 0.316 e. The Morgan fingerprint density at radius 1 is 1.04 bits per heavy atom. The third kappa shape index (κ3) is 4.29. The van der Waals surface area contributed by atoms with Gasteiger partial charge in [0, 0.05) is 18.7 Å². The third-order valence-electron chi connectivity index (χ3n) is 3.70. The first kappa shape index (κ1) is 19.0. The van der Waals surface area contributed by atoms with Crippen molar-refractivity contribution in [1.82, 2.24) is 20.8 Å². The van der Waals surface area contributed by atoms with Gasteiger partial charge in [-0.25, -0.2) is 0 Å². The average molecular weight is 386 g/mol. The van der Waals surface area contributed by atoms with Crippen molar-refractivity contribution < 1.29 is 28.0 Å². The van der Waals surface area contributed by atoms with Gasteiger partial charge in [0.1, 0.15) is 0 Å². The molecule has 1 aromatic carbocycles.